The fourth-order valence-electron chi connectivity index (χ4n) is 3.80. The molecule has 1 aliphatic heterocycles. The maximum atomic E-state index is 12.6. The minimum Gasteiger partial charge on any atom is -0.493 e. The van der Waals surface area contributed by atoms with Crippen LogP contribution in [0.25, 0.3) is 0 Å². The van der Waals surface area contributed by atoms with Crippen molar-refractivity contribution in [2.24, 2.45) is 0 Å². The van der Waals surface area contributed by atoms with Gasteiger partial charge in [-0.2, -0.15) is 0 Å². The Kier molecular flexibility index (Phi) is 7.52. The van der Waals surface area contributed by atoms with Gasteiger partial charge in [-0.15, -0.1) is 0 Å². The molecule has 0 saturated carbocycles. The molecule has 0 aromatic heterocycles. The van der Waals surface area contributed by atoms with Crippen molar-refractivity contribution < 1.29 is 14.3 Å². The van der Waals surface area contributed by atoms with Crippen molar-refractivity contribution in [3.05, 3.63) is 59.2 Å². The van der Waals surface area contributed by atoms with Gasteiger partial charge in [0, 0.05) is 19.6 Å². The van der Waals surface area contributed by atoms with Crippen molar-refractivity contribution in [3.63, 3.8) is 0 Å². The fourth-order valence-corrected chi connectivity index (χ4v) is 4.16. The molecule has 2 aromatic rings. The van der Waals surface area contributed by atoms with Crippen molar-refractivity contribution in [1.29, 1.82) is 0 Å². The second-order valence-corrected chi connectivity index (χ2v) is 7.55. The van der Waals surface area contributed by atoms with E-state index in [1.165, 1.54) is 5.56 Å². The van der Waals surface area contributed by atoms with Crippen molar-refractivity contribution in [2.45, 2.75) is 25.8 Å². The first-order valence-corrected chi connectivity index (χ1v) is 10.6. The summed E-state index contributed by atoms with van der Waals surface area (Å²) >= 11 is 5.62. The van der Waals surface area contributed by atoms with Crippen molar-refractivity contribution >= 4 is 23.2 Å². The summed E-state index contributed by atoms with van der Waals surface area (Å²) in [4.78, 5) is 14.7. The number of benzene rings is 2. The zero-order chi connectivity index (χ0) is 21.5. The number of rotatable bonds is 7. The van der Waals surface area contributed by atoms with E-state index in [0.717, 1.165) is 30.6 Å². The molecule has 0 bridgehead atoms. The highest BCUT2D eigenvalue weighted by Gasteiger charge is 2.30. The highest BCUT2D eigenvalue weighted by atomic mass is 32.1. The Morgan fingerprint density at radius 2 is 1.83 bits per heavy atom. The number of carbonyl (C=O) groups is 1. The van der Waals surface area contributed by atoms with Gasteiger partial charge >= 0.3 is 0 Å². The van der Waals surface area contributed by atoms with Crippen LogP contribution in [-0.4, -0.2) is 49.8 Å². The molecule has 6 nitrogen and oxygen atoms in total. The number of fused-ring (bicyclic) bond motifs is 1. The number of nitrogens with zero attached hydrogens (tertiary/aromatic N) is 1. The van der Waals surface area contributed by atoms with Gasteiger partial charge < -0.3 is 25.0 Å². The summed E-state index contributed by atoms with van der Waals surface area (Å²) in [7, 11) is 3.27. The first kappa shape index (κ1) is 21.9. The first-order valence-electron chi connectivity index (χ1n) is 10.2. The second kappa shape index (κ2) is 10.3. The van der Waals surface area contributed by atoms with Crippen molar-refractivity contribution in [1.82, 2.24) is 15.5 Å². The van der Waals surface area contributed by atoms with Crippen molar-refractivity contribution in [2.75, 3.05) is 33.9 Å². The number of methoxy groups -OCH3 is 2. The zero-order valence-electron chi connectivity index (χ0n) is 17.7. The Balaban J connectivity index is 1.83. The van der Waals surface area contributed by atoms with Crippen LogP contribution < -0.4 is 20.1 Å². The molecule has 0 radical (unpaired) electrons. The molecule has 7 heteroatoms. The molecule has 1 amide bonds. The standard InChI is InChI=1S/C23H29N3O3S/c1-4-24-23(30)26-11-10-17-13-20(28-2)21(29-3)14-18(17)19(26)15-25-22(27)12-16-8-6-5-7-9-16/h5-9,13-14,19H,4,10-12,15H2,1-3H3,(H,24,30)(H,25,27)/t19-/m0/s1. The third kappa shape index (κ3) is 5.02. The largest absolute Gasteiger partial charge is 0.493 e. The van der Waals surface area contributed by atoms with E-state index in [0.29, 0.717) is 29.6 Å². The summed E-state index contributed by atoms with van der Waals surface area (Å²) in [6.45, 7) is 4.00. The van der Waals surface area contributed by atoms with Crippen LogP contribution in [0.2, 0.25) is 0 Å². The second-order valence-electron chi connectivity index (χ2n) is 7.17. The van der Waals surface area contributed by atoms with Gasteiger partial charge in [0.1, 0.15) is 0 Å². The number of hydrogen-bond acceptors (Lipinski definition) is 4. The molecule has 0 unspecified atom stereocenters. The average Bonchev–Trinajstić information content (AvgIpc) is 2.77. The topological polar surface area (TPSA) is 62.8 Å². The monoisotopic (exact) mass is 427 g/mol. The number of nitrogens with one attached hydrogen (secondary N) is 2. The Labute approximate surface area is 183 Å². The van der Waals surface area contributed by atoms with E-state index < -0.39 is 0 Å². The molecule has 160 valence electrons. The van der Waals surface area contributed by atoms with Crippen LogP contribution in [0, 0.1) is 0 Å². The lowest BCUT2D eigenvalue weighted by Gasteiger charge is -2.39. The van der Waals surface area contributed by atoms with Crippen LogP contribution in [0.3, 0.4) is 0 Å². The van der Waals surface area contributed by atoms with E-state index in [4.69, 9.17) is 21.7 Å². The van der Waals surface area contributed by atoms with E-state index in [9.17, 15) is 4.79 Å². The molecule has 0 aliphatic carbocycles. The minimum absolute atomic E-state index is 0.0110. The van der Waals surface area contributed by atoms with Crippen LogP contribution in [0.4, 0.5) is 0 Å². The van der Waals surface area contributed by atoms with Crippen LogP contribution in [-0.2, 0) is 17.6 Å². The minimum atomic E-state index is -0.0835. The number of thiocarbonyl (C=S) groups is 1. The maximum Gasteiger partial charge on any atom is 0.224 e. The molecule has 0 fully saturated rings. The van der Waals surface area contributed by atoms with E-state index in [-0.39, 0.29) is 11.9 Å². The summed E-state index contributed by atoms with van der Waals surface area (Å²) in [6, 6.07) is 13.7. The summed E-state index contributed by atoms with van der Waals surface area (Å²) in [5.74, 6) is 1.38. The smallest absolute Gasteiger partial charge is 0.224 e. The van der Waals surface area contributed by atoms with E-state index in [1.807, 2.05) is 49.4 Å². The molecule has 2 aromatic carbocycles. The van der Waals surface area contributed by atoms with Gasteiger partial charge in [-0.25, -0.2) is 0 Å². The third-order valence-corrected chi connectivity index (χ3v) is 5.67. The highest BCUT2D eigenvalue weighted by molar-refractivity contribution is 7.80. The van der Waals surface area contributed by atoms with Gasteiger partial charge in [0.05, 0.1) is 26.7 Å². The lowest BCUT2D eigenvalue weighted by atomic mass is 9.92. The van der Waals surface area contributed by atoms with Crippen molar-refractivity contribution in [3.8, 4) is 11.5 Å². The maximum absolute atomic E-state index is 12.6. The predicted octanol–water partition coefficient (Wildman–Crippen LogP) is 2.86. The van der Waals surface area contributed by atoms with Crippen LogP contribution >= 0.6 is 12.2 Å². The lowest BCUT2D eigenvalue weighted by Crippen LogP contribution is -2.49. The molecule has 1 heterocycles. The molecular formula is C23H29N3O3S. The van der Waals surface area contributed by atoms with Crippen LogP contribution in [0.5, 0.6) is 11.5 Å². The normalized spacial score (nSPS) is 15.2. The molecule has 2 N–H and O–H groups in total. The van der Waals surface area contributed by atoms with Gasteiger partial charge in [0.15, 0.2) is 16.6 Å². The Hall–Kier alpha value is -2.80. The van der Waals surface area contributed by atoms with Crippen LogP contribution in [0.15, 0.2) is 42.5 Å². The Morgan fingerprint density at radius 3 is 2.50 bits per heavy atom. The van der Waals surface area contributed by atoms with E-state index in [1.54, 1.807) is 14.2 Å². The molecule has 30 heavy (non-hydrogen) atoms. The molecular weight excluding hydrogens is 398 g/mol. The molecule has 0 spiro atoms. The number of amides is 1. The van der Waals surface area contributed by atoms with Gasteiger partial charge in [0.25, 0.3) is 0 Å². The van der Waals surface area contributed by atoms with E-state index in [2.05, 4.69) is 15.5 Å². The predicted molar refractivity (Wildman–Crippen MR) is 122 cm³/mol. The number of carbonyl (C=O) groups excluding carboxylic acids is 1. The summed E-state index contributed by atoms with van der Waals surface area (Å²) in [6.07, 6.45) is 1.19. The number of hydrogen-bond donors (Lipinski definition) is 2. The van der Waals surface area contributed by atoms with E-state index >= 15 is 0 Å². The summed E-state index contributed by atoms with van der Waals surface area (Å²) in [5, 5.41) is 7.03. The Morgan fingerprint density at radius 1 is 1.13 bits per heavy atom. The Bertz CT molecular complexity index is 889. The quantitative estimate of drug-likeness (QED) is 0.663. The first-order chi connectivity index (χ1) is 14.6. The zero-order valence-corrected chi connectivity index (χ0v) is 18.6. The summed E-state index contributed by atoms with van der Waals surface area (Å²) < 4.78 is 11.0. The lowest BCUT2D eigenvalue weighted by molar-refractivity contribution is -0.120. The average molecular weight is 428 g/mol. The molecule has 1 atom stereocenters. The number of ether oxygens (including phenoxy) is 2. The van der Waals surface area contributed by atoms with Gasteiger partial charge in [0.2, 0.25) is 5.91 Å². The third-order valence-electron chi connectivity index (χ3n) is 5.29. The molecule has 0 saturated heterocycles. The summed E-state index contributed by atoms with van der Waals surface area (Å²) in [5.41, 5.74) is 3.27. The SMILES string of the molecule is CCNC(=S)N1CCc2cc(OC)c(OC)cc2[C@@H]1CNC(=O)Cc1ccccc1. The van der Waals surface area contributed by atoms with Gasteiger partial charge in [-0.1, -0.05) is 30.3 Å². The van der Waals surface area contributed by atoms with Gasteiger partial charge in [-0.05, 0) is 54.4 Å². The van der Waals surface area contributed by atoms with Gasteiger partial charge in [-0.3, -0.25) is 4.79 Å². The molecule has 3 rings (SSSR count). The fraction of sp³-hybridized carbons (Fsp3) is 0.391. The van der Waals surface area contributed by atoms with Crippen LogP contribution in [0.1, 0.15) is 29.7 Å². The highest BCUT2D eigenvalue weighted by Crippen LogP contribution is 2.38. The molecule has 1 aliphatic rings.